The van der Waals surface area contributed by atoms with Crippen LogP contribution in [0.15, 0.2) is 24.3 Å². The second-order valence-electron chi connectivity index (χ2n) is 4.91. The van der Waals surface area contributed by atoms with E-state index in [9.17, 15) is 9.36 Å². The first-order chi connectivity index (χ1) is 9.28. The molecular formula is C14H22NO4P. The van der Waals surface area contributed by atoms with Gasteiger partial charge in [-0.25, -0.2) is 5.09 Å². The number of esters is 1. The molecule has 0 aliphatic rings. The van der Waals surface area contributed by atoms with Crippen LogP contribution in [0.3, 0.4) is 0 Å². The van der Waals surface area contributed by atoms with Crippen molar-refractivity contribution in [2.75, 3.05) is 7.11 Å². The summed E-state index contributed by atoms with van der Waals surface area (Å²) in [5.41, 5.74) is 1.06. The summed E-state index contributed by atoms with van der Waals surface area (Å²) in [6.45, 7) is 7.07. The van der Waals surface area contributed by atoms with Crippen LogP contribution in [0.1, 0.15) is 26.3 Å². The topological polar surface area (TPSA) is 64.6 Å². The molecule has 1 unspecified atom stereocenters. The van der Waals surface area contributed by atoms with Gasteiger partial charge in [0.1, 0.15) is 6.04 Å². The van der Waals surface area contributed by atoms with Gasteiger partial charge >= 0.3 is 5.97 Å². The lowest BCUT2D eigenvalue weighted by Crippen LogP contribution is -2.37. The minimum absolute atomic E-state index is 0.215. The third-order valence-corrected chi connectivity index (χ3v) is 4.92. The van der Waals surface area contributed by atoms with E-state index in [-0.39, 0.29) is 6.10 Å². The van der Waals surface area contributed by atoms with Crippen molar-refractivity contribution in [1.82, 2.24) is 5.09 Å². The highest BCUT2D eigenvalue weighted by Gasteiger charge is 2.30. The van der Waals surface area contributed by atoms with E-state index in [4.69, 9.17) is 9.26 Å². The van der Waals surface area contributed by atoms with Crippen LogP contribution in [0.2, 0.25) is 0 Å². The summed E-state index contributed by atoms with van der Waals surface area (Å²) in [6.07, 6.45) is -0.215. The van der Waals surface area contributed by atoms with E-state index in [1.165, 1.54) is 7.11 Å². The van der Waals surface area contributed by atoms with Gasteiger partial charge in [-0.15, -0.1) is 0 Å². The van der Waals surface area contributed by atoms with Crippen LogP contribution in [-0.4, -0.2) is 25.2 Å². The molecule has 0 spiro atoms. The van der Waals surface area contributed by atoms with Crippen LogP contribution in [-0.2, 0) is 18.6 Å². The Morgan fingerprint density at radius 3 is 2.20 bits per heavy atom. The first-order valence-corrected chi connectivity index (χ1v) is 8.12. The molecule has 112 valence electrons. The summed E-state index contributed by atoms with van der Waals surface area (Å²) < 4.78 is 23.0. The van der Waals surface area contributed by atoms with Gasteiger partial charge in [0, 0.05) is 7.11 Å². The highest BCUT2D eigenvalue weighted by Crippen LogP contribution is 2.40. The summed E-state index contributed by atoms with van der Waals surface area (Å²) in [5, 5.41) is 3.27. The molecule has 1 N–H and O–H groups in total. The van der Waals surface area contributed by atoms with Crippen LogP contribution < -0.4 is 10.4 Å². The highest BCUT2D eigenvalue weighted by molar-refractivity contribution is 7.65. The zero-order valence-corrected chi connectivity index (χ0v) is 13.4. The second-order valence-corrected chi connectivity index (χ2v) is 7.15. The smallest absolute Gasteiger partial charge is 0.323 e. The number of hydrogen-bond donors (Lipinski definition) is 1. The number of nitrogens with one attached hydrogen (secondary N) is 1. The van der Waals surface area contributed by atoms with Crippen molar-refractivity contribution >= 4 is 18.8 Å². The zero-order chi connectivity index (χ0) is 15.3. The first-order valence-electron chi connectivity index (χ1n) is 6.50. The Bertz CT molecular complexity index is 498. The Morgan fingerprint density at radius 2 is 1.75 bits per heavy atom. The molecule has 0 fully saturated rings. The average Bonchev–Trinajstić information content (AvgIpc) is 2.38. The lowest BCUT2D eigenvalue weighted by Gasteiger charge is -2.22. The maximum Gasteiger partial charge on any atom is 0.323 e. The molecule has 0 bridgehead atoms. The van der Waals surface area contributed by atoms with Crippen LogP contribution in [0.4, 0.5) is 0 Å². The van der Waals surface area contributed by atoms with E-state index in [2.05, 4.69) is 5.09 Å². The Balaban J connectivity index is 2.87. The maximum absolute atomic E-state index is 12.8. The Hall–Kier alpha value is -1.16. The number of carbonyl (C=O) groups is 1. The van der Waals surface area contributed by atoms with Crippen LogP contribution in [0, 0.1) is 6.92 Å². The van der Waals surface area contributed by atoms with Gasteiger partial charge in [0.15, 0.2) is 0 Å². The zero-order valence-electron chi connectivity index (χ0n) is 12.5. The fourth-order valence-corrected chi connectivity index (χ4v) is 3.24. The number of ether oxygens (including phenoxy) is 1. The fraction of sp³-hybridized carbons (Fsp3) is 0.500. The van der Waals surface area contributed by atoms with E-state index in [1.807, 2.05) is 19.1 Å². The van der Waals surface area contributed by atoms with Crippen molar-refractivity contribution in [2.24, 2.45) is 0 Å². The van der Waals surface area contributed by atoms with Crippen molar-refractivity contribution in [1.29, 1.82) is 0 Å². The van der Waals surface area contributed by atoms with Gasteiger partial charge in [-0.3, -0.25) is 9.36 Å². The molecule has 0 amide bonds. The third kappa shape index (κ3) is 4.44. The standard InChI is InChI=1S/C14H22NO4P/c1-10(2)19-14(16)12(4)15-20(17,18-5)13-8-6-11(3)7-9-13/h6-10,12H,1-5H3,(H,15,17)/t12-,20?/m0/s1. The number of aryl methyl sites for hydroxylation is 1. The van der Waals surface area contributed by atoms with E-state index in [1.54, 1.807) is 32.9 Å². The van der Waals surface area contributed by atoms with Crippen molar-refractivity contribution in [3.8, 4) is 0 Å². The van der Waals surface area contributed by atoms with Crippen LogP contribution >= 0.6 is 7.52 Å². The van der Waals surface area contributed by atoms with Gasteiger partial charge in [0.05, 0.1) is 11.4 Å². The van der Waals surface area contributed by atoms with Crippen molar-refractivity contribution in [3.05, 3.63) is 29.8 Å². The molecule has 6 heteroatoms. The van der Waals surface area contributed by atoms with Crippen molar-refractivity contribution < 1.29 is 18.6 Å². The second kappa shape index (κ2) is 7.02. The number of hydrogen-bond acceptors (Lipinski definition) is 4. The van der Waals surface area contributed by atoms with Crippen molar-refractivity contribution in [3.63, 3.8) is 0 Å². The molecule has 0 aliphatic heterocycles. The maximum atomic E-state index is 12.8. The van der Waals surface area contributed by atoms with E-state index >= 15 is 0 Å². The lowest BCUT2D eigenvalue weighted by molar-refractivity contribution is -0.149. The van der Waals surface area contributed by atoms with Gasteiger partial charge in [0.25, 0.3) is 7.52 Å². The largest absolute Gasteiger partial charge is 0.462 e. The summed E-state index contributed by atoms with van der Waals surface area (Å²) in [5.74, 6) is -0.454. The number of benzene rings is 1. The Kier molecular flexibility index (Phi) is 5.93. The van der Waals surface area contributed by atoms with Gasteiger partial charge in [-0.05, 0) is 39.8 Å². The molecular weight excluding hydrogens is 277 g/mol. The molecule has 20 heavy (non-hydrogen) atoms. The minimum Gasteiger partial charge on any atom is -0.462 e. The van der Waals surface area contributed by atoms with Gasteiger partial charge < -0.3 is 9.26 Å². The molecule has 0 heterocycles. The molecule has 1 aromatic rings. The molecule has 0 aliphatic carbocycles. The Morgan fingerprint density at radius 1 is 1.20 bits per heavy atom. The predicted molar refractivity (Wildman–Crippen MR) is 79.3 cm³/mol. The van der Waals surface area contributed by atoms with E-state index in [0.29, 0.717) is 5.30 Å². The van der Waals surface area contributed by atoms with Crippen LogP contribution in [0.25, 0.3) is 0 Å². The molecule has 1 aromatic carbocycles. The lowest BCUT2D eigenvalue weighted by atomic mass is 10.2. The fourth-order valence-electron chi connectivity index (χ4n) is 1.62. The van der Waals surface area contributed by atoms with E-state index < -0.39 is 19.5 Å². The molecule has 0 aromatic heterocycles. The SMILES string of the molecule is COP(=O)(N[C@@H](C)C(=O)OC(C)C)c1ccc(C)cc1. The number of rotatable bonds is 6. The predicted octanol–water partition coefficient (Wildman–Crippen LogP) is 2.39. The minimum atomic E-state index is -3.28. The summed E-state index contributed by atoms with van der Waals surface area (Å²) in [6, 6.07) is 6.43. The van der Waals surface area contributed by atoms with Crippen LogP contribution in [0.5, 0.6) is 0 Å². The van der Waals surface area contributed by atoms with Gasteiger partial charge in [-0.2, -0.15) is 0 Å². The number of carbonyl (C=O) groups excluding carboxylic acids is 1. The quantitative estimate of drug-likeness (QED) is 0.645. The Labute approximate surface area is 120 Å². The first kappa shape index (κ1) is 16.9. The molecule has 5 nitrogen and oxygen atoms in total. The molecule has 2 atom stereocenters. The average molecular weight is 299 g/mol. The van der Waals surface area contributed by atoms with Gasteiger partial charge in [0.2, 0.25) is 0 Å². The normalized spacial score (nSPS) is 15.7. The molecule has 0 saturated heterocycles. The summed E-state index contributed by atoms with van der Waals surface area (Å²) in [4.78, 5) is 11.8. The monoisotopic (exact) mass is 299 g/mol. The highest BCUT2D eigenvalue weighted by atomic mass is 31.2. The summed E-state index contributed by atoms with van der Waals surface area (Å²) in [7, 11) is -1.92. The van der Waals surface area contributed by atoms with Gasteiger partial charge in [-0.1, -0.05) is 17.7 Å². The summed E-state index contributed by atoms with van der Waals surface area (Å²) >= 11 is 0. The third-order valence-electron chi connectivity index (χ3n) is 2.70. The molecule has 0 radical (unpaired) electrons. The molecule has 0 saturated carbocycles. The van der Waals surface area contributed by atoms with E-state index in [0.717, 1.165) is 5.56 Å². The molecule has 1 rings (SSSR count). The van der Waals surface area contributed by atoms with Crippen molar-refractivity contribution in [2.45, 2.75) is 39.8 Å².